The standard InChI is InChI=1S/C11H6N4O2/c12-6-9-10(7-13-15-14-9)17-11(16)8-4-2-1-3-5-8/h1-5,7H. The van der Waals surface area contributed by atoms with E-state index in [1.54, 1.807) is 36.4 Å². The van der Waals surface area contributed by atoms with Gasteiger partial charge in [-0.1, -0.05) is 18.2 Å². The van der Waals surface area contributed by atoms with Gasteiger partial charge in [0.2, 0.25) is 5.69 Å². The molecule has 6 nitrogen and oxygen atoms in total. The third-order valence-corrected chi connectivity index (χ3v) is 1.92. The molecule has 1 aromatic carbocycles. The molecule has 0 atom stereocenters. The van der Waals surface area contributed by atoms with Gasteiger partial charge in [-0.3, -0.25) is 0 Å². The van der Waals surface area contributed by atoms with Crippen LogP contribution in [0.25, 0.3) is 0 Å². The van der Waals surface area contributed by atoms with Crippen molar-refractivity contribution < 1.29 is 9.53 Å². The summed E-state index contributed by atoms with van der Waals surface area (Å²) >= 11 is 0. The Bertz CT molecular complexity index is 578. The van der Waals surface area contributed by atoms with Crippen molar-refractivity contribution in [2.75, 3.05) is 0 Å². The Morgan fingerprint density at radius 2 is 2.06 bits per heavy atom. The second kappa shape index (κ2) is 4.81. The first kappa shape index (κ1) is 10.7. The SMILES string of the molecule is N#Cc1nnncc1OC(=O)c1ccccc1. The van der Waals surface area contributed by atoms with Gasteiger partial charge >= 0.3 is 5.97 Å². The van der Waals surface area contributed by atoms with Gasteiger partial charge in [-0.25, -0.2) is 4.79 Å². The van der Waals surface area contributed by atoms with Crippen molar-refractivity contribution in [2.24, 2.45) is 0 Å². The normalized spacial score (nSPS) is 9.35. The van der Waals surface area contributed by atoms with Crippen molar-refractivity contribution >= 4 is 5.97 Å². The zero-order valence-corrected chi connectivity index (χ0v) is 8.57. The van der Waals surface area contributed by atoms with Crippen LogP contribution in [0.15, 0.2) is 36.5 Å². The van der Waals surface area contributed by atoms with Crippen LogP contribution in [0.5, 0.6) is 5.75 Å². The van der Waals surface area contributed by atoms with E-state index in [0.29, 0.717) is 5.56 Å². The molecule has 17 heavy (non-hydrogen) atoms. The Kier molecular flexibility index (Phi) is 3.03. The van der Waals surface area contributed by atoms with Crippen LogP contribution in [0.2, 0.25) is 0 Å². The van der Waals surface area contributed by atoms with E-state index in [9.17, 15) is 4.79 Å². The van der Waals surface area contributed by atoms with Crippen LogP contribution in [0.1, 0.15) is 16.1 Å². The van der Waals surface area contributed by atoms with E-state index in [-0.39, 0.29) is 11.4 Å². The molecule has 0 saturated heterocycles. The number of carbonyl (C=O) groups excluding carboxylic acids is 1. The highest BCUT2D eigenvalue weighted by Crippen LogP contribution is 2.13. The molecule has 1 heterocycles. The zero-order chi connectivity index (χ0) is 12.1. The molecule has 0 N–H and O–H groups in total. The van der Waals surface area contributed by atoms with Crippen molar-refractivity contribution in [2.45, 2.75) is 0 Å². The third kappa shape index (κ3) is 2.41. The zero-order valence-electron chi connectivity index (χ0n) is 8.57. The molecular formula is C11H6N4O2. The number of hydrogen-bond donors (Lipinski definition) is 0. The fourth-order valence-electron chi connectivity index (χ4n) is 1.14. The van der Waals surface area contributed by atoms with E-state index in [2.05, 4.69) is 15.4 Å². The van der Waals surface area contributed by atoms with Crippen LogP contribution in [-0.2, 0) is 0 Å². The summed E-state index contributed by atoms with van der Waals surface area (Å²) in [4.78, 5) is 11.7. The smallest absolute Gasteiger partial charge is 0.343 e. The lowest BCUT2D eigenvalue weighted by Gasteiger charge is -2.03. The van der Waals surface area contributed by atoms with Crippen molar-refractivity contribution in [1.82, 2.24) is 15.4 Å². The van der Waals surface area contributed by atoms with E-state index in [1.807, 2.05) is 0 Å². The molecule has 0 bridgehead atoms. The lowest BCUT2D eigenvalue weighted by atomic mass is 10.2. The van der Waals surface area contributed by atoms with Gasteiger partial charge in [-0.15, -0.1) is 10.2 Å². The largest absolute Gasteiger partial charge is 0.418 e. The minimum Gasteiger partial charge on any atom is -0.418 e. The summed E-state index contributed by atoms with van der Waals surface area (Å²) in [5.74, 6) is -0.576. The Labute approximate surface area is 96.5 Å². The van der Waals surface area contributed by atoms with Gasteiger partial charge in [0.1, 0.15) is 6.07 Å². The third-order valence-electron chi connectivity index (χ3n) is 1.92. The number of benzene rings is 1. The van der Waals surface area contributed by atoms with Gasteiger partial charge in [-0.05, 0) is 17.3 Å². The van der Waals surface area contributed by atoms with Crippen molar-refractivity contribution in [3.8, 4) is 11.8 Å². The lowest BCUT2D eigenvalue weighted by molar-refractivity contribution is 0.0732. The highest BCUT2D eigenvalue weighted by molar-refractivity contribution is 5.91. The molecule has 0 unspecified atom stereocenters. The Morgan fingerprint density at radius 3 is 2.76 bits per heavy atom. The number of rotatable bonds is 2. The number of nitriles is 1. The molecule has 0 radical (unpaired) electrons. The van der Waals surface area contributed by atoms with Crippen molar-refractivity contribution in [3.05, 3.63) is 47.8 Å². The van der Waals surface area contributed by atoms with Crippen LogP contribution in [0.3, 0.4) is 0 Å². The average Bonchev–Trinajstić information content (AvgIpc) is 2.40. The van der Waals surface area contributed by atoms with E-state index < -0.39 is 5.97 Å². The van der Waals surface area contributed by atoms with Crippen molar-refractivity contribution in [1.29, 1.82) is 5.26 Å². The first-order valence-corrected chi connectivity index (χ1v) is 4.67. The van der Waals surface area contributed by atoms with Crippen molar-refractivity contribution in [3.63, 3.8) is 0 Å². The fraction of sp³-hybridized carbons (Fsp3) is 0. The maximum atomic E-state index is 11.7. The monoisotopic (exact) mass is 226 g/mol. The Hall–Kier alpha value is -2.81. The molecular weight excluding hydrogens is 220 g/mol. The average molecular weight is 226 g/mol. The number of hydrogen-bond acceptors (Lipinski definition) is 6. The first-order valence-electron chi connectivity index (χ1n) is 4.67. The molecule has 0 fully saturated rings. The Balaban J connectivity index is 2.23. The lowest BCUT2D eigenvalue weighted by Crippen LogP contribution is -2.10. The molecule has 0 aliphatic rings. The summed E-state index contributed by atoms with van der Waals surface area (Å²) in [6.07, 6.45) is 1.17. The number of esters is 1. The summed E-state index contributed by atoms with van der Waals surface area (Å²) in [5.41, 5.74) is 0.303. The van der Waals surface area contributed by atoms with E-state index >= 15 is 0 Å². The molecule has 0 spiro atoms. The molecule has 0 amide bonds. The van der Waals surface area contributed by atoms with Crippen LogP contribution < -0.4 is 4.74 Å². The highest BCUT2D eigenvalue weighted by Gasteiger charge is 2.12. The van der Waals surface area contributed by atoms with Crippen LogP contribution in [0, 0.1) is 11.3 Å². The number of carbonyl (C=O) groups is 1. The topological polar surface area (TPSA) is 88.8 Å². The first-order chi connectivity index (χ1) is 8.31. The number of ether oxygens (including phenoxy) is 1. The molecule has 6 heteroatoms. The van der Waals surface area contributed by atoms with Crippen LogP contribution in [-0.4, -0.2) is 21.4 Å². The molecule has 82 valence electrons. The van der Waals surface area contributed by atoms with E-state index in [4.69, 9.17) is 10.00 Å². The quantitative estimate of drug-likeness (QED) is 0.708. The minimum atomic E-state index is -0.572. The number of nitrogens with zero attached hydrogens (tertiary/aromatic N) is 4. The summed E-state index contributed by atoms with van der Waals surface area (Å²) in [6.45, 7) is 0. The Morgan fingerprint density at radius 1 is 1.29 bits per heavy atom. The molecule has 1 aromatic heterocycles. The van der Waals surface area contributed by atoms with Gasteiger partial charge in [0.25, 0.3) is 0 Å². The van der Waals surface area contributed by atoms with Gasteiger partial charge in [0.05, 0.1) is 11.8 Å². The number of aromatic nitrogens is 3. The van der Waals surface area contributed by atoms with Gasteiger partial charge in [0.15, 0.2) is 5.75 Å². The summed E-state index contributed by atoms with van der Waals surface area (Å²) in [6, 6.07) is 10.2. The fourth-order valence-corrected chi connectivity index (χ4v) is 1.14. The van der Waals surface area contributed by atoms with E-state index in [0.717, 1.165) is 0 Å². The van der Waals surface area contributed by atoms with Gasteiger partial charge in [0, 0.05) is 0 Å². The van der Waals surface area contributed by atoms with Gasteiger partial charge < -0.3 is 4.74 Å². The second-order valence-corrected chi connectivity index (χ2v) is 3.01. The maximum absolute atomic E-state index is 11.7. The predicted molar refractivity (Wildman–Crippen MR) is 55.9 cm³/mol. The summed E-state index contributed by atoms with van der Waals surface area (Å²) in [5, 5.41) is 18.9. The second-order valence-electron chi connectivity index (χ2n) is 3.01. The van der Waals surface area contributed by atoms with Gasteiger partial charge in [-0.2, -0.15) is 5.26 Å². The van der Waals surface area contributed by atoms with Crippen LogP contribution in [0.4, 0.5) is 0 Å². The molecule has 0 saturated carbocycles. The molecule has 0 aliphatic carbocycles. The highest BCUT2D eigenvalue weighted by atomic mass is 16.5. The predicted octanol–water partition coefficient (Wildman–Crippen LogP) is 0.962. The molecule has 2 aromatic rings. The summed E-state index contributed by atoms with van der Waals surface area (Å²) < 4.78 is 5.00. The molecule has 2 rings (SSSR count). The summed E-state index contributed by atoms with van der Waals surface area (Å²) in [7, 11) is 0. The van der Waals surface area contributed by atoms with E-state index in [1.165, 1.54) is 6.20 Å². The molecule has 0 aliphatic heterocycles. The van der Waals surface area contributed by atoms with Crippen LogP contribution >= 0.6 is 0 Å². The minimum absolute atomic E-state index is 0.00338. The maximum Gasteiger partial charge on any atom is 0.343 e.